The Labute approximate surface area is 191 Å². The number of fused-ring (bicyclic) bond motifs is 1. The van der Waals surface area contributed by atoms with E-state index in [1.807, 2.05) is 36.2 Å². The van der Waals surface area contributed by atoms with Gasteiger partial charge in [-0.1, -0.05) is 0 Å². The highest BCUT2D eigenvalue weighted by Crippen LogP contribution is 2.45. The SMILES string of the molecule is COc1ncccc1-c1cnn2ccc(N3CCN(C(=O)OC4(C)COC4)C4(CC4)C3)nc12. The Morgan fingerprint density at radius 3 is 2.76 bits per heavy atom. The van der Waals surface area contributed by atoms with Crippen molar-refractivity contribution in [3.63, 3.8) is 0 Å². The number of pyridine rings is 1. The van der Waals surface area contributed by atoms with Crippen LogP contribution in [0.2, 0.25) is 0 Å². The third-order valence-electron chi connectivity index (χ3n) is 6.78. The van der Waals surface area contributed by atoms with E-state index in [0.717, 1.165) is 42.0 Å². The minimum Gasteiger partial charge on any atom is -0.481 e. The first-order valence-electron chi connectivity index (χ1n) is 11.2. The molecule has 5 heterocycles. The van der Waals surface area contributed by atoms with Crippen molar-refractivity contribution in [1.82, 2.24) is 24.5 Å². The summed E-state index contributed by atoms with van der Waals surface area (Å²) in [6, 6.07) is 5.80. The van der Waals surface area contributed by atoms with Gasteiger partial charge in [-0.3, -0.25) is 4.90 Å². The molecule has 0 N–H and O–H groups in total. The fourth-order valence-corrected chi connectivity index (χ4v) is 4.73. The third-order valence-corrected chi connectivity index (χ3v) is 6.78. The zero-order chi connectivity index (χ0) is 22.6. The molecule has 3 aromatic heterocycles. The molecule has 0 unspecified atom stereocenters. The molecule has 0 bridgehead atoms. The summed E-state index contributed by atoms with van der Waals surface area (Å²) in [5.41, 5.74) is 1.77. The van der Waals surface area contributed by atoms with Crippen molar-refractivity contribution in [2.45, 2.75) is 30.9 Å². The highest BCUT2D eigenvalue weighted by atomic mass is 16.6. The van der Waals surface area contributed by atoms with Crippen LogP contribution in [0.25, 0.3) is 16.8 Å². The molecule has 3 aromatic rings. The second-order valence-corrected chi connectivity index (χ2v) is 9.28. The summed E-state index contributed by atoms with van der Waals surface area (Å²) in [4.78, 5) is 26.3. The lowest BCUT2D eigenvalue weighted by molar-refractivity contribution is -0.173. The Hall–Kier alpha value is -3.40. The Balaban J connectivity index is 1.26. The smallest absolute Gasteiger partial charge is 0.411 e. The maximum absolute atomic E-state index is 12.9. The van der Waals surface area contributed by atoms with Gasteiger partial charge >= 0.3 is 6.09 Å². The van der Waals surface area contributed by atoms with Crippen LogP contribution in [0.1, 0.15) is 19.8 Å². The Morgan fingerprint density at radius 1 is 1.18 bits per heavy atom. The molecule has 0 atom stereocenters. The summed E-state index contributed by atoms with van der Waals surface area (Å²) in [6.45, 7) is 4.87. The minimum atomic E-state index is -0.497. The van der Waals surface area contributed by atoms with Gasteiger partial charge in [-0.15, -0.1) is 0 Å². The molecule has 1 amide bonds. The topological polar surface area (TPSA) is 94.3 Å². The lowest BCUT2D eigenvalue weighted by Crippen LogP contribution is -2.60. The largest absolute Gasteiger partial charge is 0.481 e. The van der Waals surface area contributed by atoms with Crippen LogP contribution in [0, 0.1) is 0 Å². The molecule has 1 aliphatic carbocycles. The van der Waals surface area contributed by atoms with E-state index in [-0.39, 0.29) is 11.6 Å². The van der Waals surface area contributed by atoms with Crippen molar-refractivity contribution in [3.05, 3.63) is 36.8 Å². The summed E-state index contributed by atoms with van der Waals surface area (Å²) >= 11 is 0. The number of carbonyl (C=O) groups is 1. The van der Waals surface area contributed by atoms with Gasteiger partial charge in [0.25, 0.3) is 0 Å². The molecular weight excluding hydrogens is 424 g/mol. The first-order valence-corrected chi connectivity index (χ1v) is 11.2. The normalized spacial score (nSPS) is 20.5. The molecule has 6 rings (SSSR count). The maximum atomic E-state index is 12.9. The summed E-state index contributed by atoms with van der Waals surface area (Å²) in [5.74, 6) is 1.40. The van der Waals surface area contributed by atoms with E-state index in [0.29, 0.717) is 32.2 Å². The van der Waals surface area contributed by atoms with Crippen molar-refractivity contribution in [3.8, 4) is 17.0 Å². The van der Waals surface area contributed by atoms with Crippen LogP contribution in [0.5, 0.6) is 5.88 Å². The van der Waals surface area contributed by atoms with E-state index in [1.165, 1.54) is 0 Å². The molecule has 2 saturated heterocycles. The van der Waals surface area contributed by atoms with Gasteiger partial charge < -0.3 is 19.1 Å². The van der Waals surface area contributed by atoms with Gasteiger partial charge in [0.2, 0.25) is 5.88 Å². The molecule has 33 heavy (non-hydrogen) atoms. The molecule has 10 nitrogen and oxygen atoms in total. The predicted molar refractivity (Wildman–Crippen MR) is 119 cm³/mol. The first-order chi connectivity index (χ1) is 16.0. The van der Waals surface area contributed by atoms with Crippen LogP contribution in [0.3, 0.4) is 0 Å². The zero-order valence-corrected chi connectivity index (χ0v) is 18.7. The number of aromatic nitrogens is 4. The predicted octanol–water partition coefficient (Wildman–Crippen LogP) is 2.38. The number of carbonyl (C=O) groups excluding carboxylic acids is 1. The fraction of sp³-hybridized carbons (Fsp3) is 0.478. The average Bonchev–Trinajstić information content (AvgIpc) is 3.44. The number of hydrogen-bond donors (Lipinski definition) is 0. The third kappa shape index (κ3) is 3.36. The van der Waals surface area contributed by atoms with Gasteiger partial charge in [0.1, 0.15) is 5.82 Å². The van der Waals surface area contributed by atoms with Crippen molar-refractivity contribution in [1.29, 1.82) is 0 Å². The van der Waals surface area contributed by atoms with E-state index < -0.39 is 5.60 Å². The quantitative estimate of drug-likeness (QED) is 0.598. The lowest BCUT2D eigenvalue weighted by Gasteiger charge is -2.44. The van der Waals surface area contributed by atoms with Crippen LogP contribution >= 0.6 is 0 Å². The monoisotopic (exact) mass is 450 g/mol. The Bertz CT molecular complexity index is 1220. The number of methoxy groups -OCH3 is 1. The van der Waals surface area contributed by atoms with Crippen LogP contribution in [0.4, 0.5) is 10.6 Å². The zero-order valence-electron chi connectivity index (χ0n) is 18.7. The summed E-state index contributed by atoms with van der Waals surface area (Å²) in [7, 11) is 1.61. The standard InChI is InChI=1S/C23H26N6O4/c1-22(14-32-15-22)33-21(30)28-11-10-27(13-23(28)6-7-23)18-5-9-29-19(26-18)17(12-25-29)16-4-3-8-24-20(16)31-2/h3-5,8-9,12H,6-7,10-11,13-15H2,1-2H3. The van der Waals surface area contributed by atoms with Crippen molar-refractivity contribution >= 4 is 17.6 Å². The molecule has 2 aliphatic heterocycles. The second kappa shape index (κ2) is 7.31. The van der Waals surface area contributed by atoms with Gasteiger partial charge in [0.15, 0.2) is 11.2 Å². The van der Waals surface area contributed by atoms with Gasteiger partial charge in [-0.05, 0) is 38.0 Å². The van der Waals surface area contributed by atoms with E-state index in [1.54, 1.807) is 24.0 Å². The van der Waals surface area contributed by atoms with E-state index in [4.69, 9.17) is 19.2 Å². The van der Waals surface area contributed by atoms with Crippen LogP contribution in [-0.2, 0) is 9.47 Å². The second-order valence-electron chi connectivity index (χ2n) is 9.28. The van der Waals surface area contributed by atoms with Crippen molar-refractivity contribution in [2.24, 2.45) is 0 Å². The minimum absolute atomic E-state index is 0.181. The molecule has 0 radical (unpaired) electrons. The summed E-state index contributed by atoms with van der Waals surface area (Å²) in [5, 5.41) is 4.45. The van der Waals surface area contributed by atoms with Gasteiger partial charge in [0.05, 0.1) is 37.6 Å². The number of piperazine rings is 1. The molecule has 3 fully saturated rings. The first kappa shape index (κ1) is 20.2. The van der Waals surface area contributed by atoms with Crippen LogP contribution in [-0.4, -0.2) is 81.7 Å². The Morgan fingerprint density at radius 2 is 2.03 bits per heavy atom. The van der Waals surface area contributed by atoms with E-state index >= 15 is 0 Å². The number of amides is 1. The highest BCUT2D eigenvalue weighted by molar-refractivity contribution is 5.80. The highest BCUT2D eigenvalue weighted by Gasteiger charge is 2.55. The van der Waals surface area contributed by atoms with Gasteiger partial charge in [-0.2, -0.15) is 5.10 Å². The average molecular weight is 450 g/mol. The molecule has 10 heteroatoms. The van der Waals surface area contributed by atoms with Crippen LogP contribution < -0.4 is 9.64 Å². The number of hydrogen-bond acceptors (Lipinski definition) is 8. The van der Waals surface area contributed by atoms with Crippen molar-refractivity contribution < 1.29 is 19.0 Å². The summed E-state index contributed by atoms with van der Waals surface area (Å²) in [6.07, 6.45) is 7.11. The molecule has 172 valence electrons. The fourth-order valence-electron chi connectivity index (χ4n) is 4.73. The lowest BCUT2D eigenvalue weighted by atomic mass is 10.1. The molecule has 3 aliphatic rings. The van der Waals surface area contributed by atoms with Crippen LogP contribution in [0.15, 0.2) is 36.8 Å². The number of ether oxygens (including phenoxy) is 3. The molecule has 1 spiro atoms. The Kier molecular flexibility index (Phi) is 4.48. The van der Waals surface area contributed by atoms with E-state index in [2.05, 4.69) is 15.0 Å². The molecule has 1 saturated carbocycles. The number of rotatable bonds is 4. The van der Waals surface area contributed by atoms with Crippen molar-refractivity contribution in [2.75, 3.05) is 44.9 Å². The summed E-state index contributed by atoms with van der Waals surface area (Å²) < 4.78 is 18.2. The van der Waals surface area contributed by atoms with Gasteiger partial charge in [-0.25, -0.2) is 19.3 Å². The van der Waals surface area contributed by atoms with Gasteiger partial charge in [0, 0.05) is 37.6 Å². The van der Waals surface area contributed by atoms with E-state index in [9.17, 15) is 4.79 Å². The molecule has 0 aromatic carbocycles. The number of nitrogens with zero attached hydrogens (tertiary/aromatic N) is 6. The number of anilines is 1. The molecular formula is C23H26N6O4. The maximum Gasteiger partial charge on any atom is 0.411 e.